The summed E-state index contributed by atoms with van der Waals surface area (Å²) < 4.78 is 2.33. The van der Waals surface area contributed by atoms with E-state index in [9.17, 15) is 4.79 Å². The second kappa shape index (κ2) is 4.55. The van der Waals surface area contributed by atoms with E-state index in [4.69, 9.17) is 12.2 Å². The van der Waals surface area contributed by atoms with Gasteiger partial charge in [-0.05, 0) is 24.7 Å². The maximum absolute atomic E-state index is 11.7. The predicted octanol–water partition coefficient (Wildman–Crippen LogP) is 2.06. The molecule has 1 aromatic carbocycles. The minimum atomic E-state index is -0.176. The Morgan fingerprint density at radius 3 is 2.74 bits per heavy atom. The third-order valence-electron chi connectivity index (χ3n) is 3.18. The quantitative estimate of drug-likeness (QED) is 0.734. The molecule has 2 heterocycles. The van der Waals surface area contributed by atoms with Crippen LogP contribution < -0.4 is 16.2 Å². The van der Waals surface area contributed by atoms with Crippen molar-refractivity contribution in [1.29, 1.82) is 0 Å². The molecule has 0 atom stereocenters. The van der Waals surface area contributed by atoms with E-state index in [0.717, 1.165) is 11.4 Å². The van der Waals surface area contributed by atoms with E-state index in [1.54, 1.807) is 0 Å². The van der Waals surface area contributed by atoms with Crippen LogP contribution in [0.25, 0.3) is 0 Å². The van der Waals surface area contributed by atoms with Gasteiger partial charge in [-0.1, -0.05) is 29.8 Å². The first-order chi connectivity index (χ1) is 9.15. The Hall–Kier alpha value is -2.08. The van der Waals surface area contributed by atoms with Crippen molar-refractivity contribution >= 4 is 23.7 Å². The maximum Gasteiger partial charge on any atom is 0.277 e. The maximum atomic E-state index is 11.7. The fourth-order valence-corrected chi connectivity index (χ4v) is 2.41. The number of benzene rings is 1. The molecule has 0 saturated heterocycles. The van der Waals surface area contributed by atoms with Gasteiger partial charge in [0.1, 0.15) is 11.5 Å². The molecular formula is C13H14N4OS. The molecule has 3 N–H and O–H groups in total. The Balaban J connectivity index is 2.06. The van der Waals surface area contributed by atoms with Crippen molar-refractivity contribution in [1.82, 2.24) is 9.55 Å². The van der Waals surface area contributed by atoms with Crippen molar-refractivity contribution in [3.8, 4) is 0 Å². The van der Waals surface area contributed by atoms with Gasteiger partial charge in [0, 0.05) is 0 Å². The van der Waals surface area contributed by atoms with E-state index in [2.05, 4.69) is 46.8 Å². The molecule has 19 heavy (non-hydrogen) atoms. The SMILES string of the molecule is Cc1ccc(Cn2c3c(c(=O)[nH]c2=S)NCN3)cc1. The minimum Gasteiger partial charge on any atom is -0.360 e. The summed E-state index contributed by atoms with van der Waals surface area (Å²) in [4.78, 5) is 14.4. The van der Waals surface area contributed by atoms with Gasteiger partial charge in [-0.3, -0.25) is 14.3 Å². The van der Waals surface area contributed by atoms with Gasteiger partial charge in [0.15, 0.2) is 4.77 Å². The molecule has 1 aliphatic rings. The second-order valence-electron chi connectivity index (χ2n) is 4.58. The summed E-state index contributed by atoms with van der Waals surface area (Å²) in [6.07, 6.45) is 0. The highest BCUT2D eigenvalue weighted by molar-refractivity contribution is 7.71. The van der Waals surface area contributed by atoms with Crippen molar-refractivity contribution in [2.75, 3.05) is 17.3 Å². The normalized spacial score (nSPS) is 12.7. The van der Waals surface area contributed by atoms with Crippen molar-refractivity contribution in [3.63, 3.8) is 0 Å². The van der Waals surface area contributed by atoms with Crippen molar-refractivity contribution < 1.29 is 0 Å². The van der Waals surface area contributed by atoms with Gasteiger partial charge in [0.25, 0.3) is 5.56 Å². The van der Waals surface area contributed by atoms with Gasteiger partial charge in [-0.15, -0.1) is 0 Å². The fraction of sp³-hybridized carbons (Fsp3) is 0.231. The molecule has 0 bridgehead atoms. The van der Waals surface area contributed by atoms with Crippen LogP contribution in [0, 0.1) is 11.7 Å². The Morgan fingerprint density at radius 1 is 1.26 bits per heavy atom. The monoisotopic (exact) mass is 274 g/mol. The van der Waals surface area contributed by atoms with Crippen LogP contribution in [0.5, 0.6) is 0 Å². The van der Waals surface area contributed by atoms with Crippen LogP contribution in [0.1, 0.15) is 11.1 Å². The Bertz CT molecular complexity index is 730. The second-order valence-corrected chi connectivity index (χ2v) is 4.97. The van der Waals surface area contributed by atoms with Crippen molar-refractivity contribution in [3.05, 3.63) is 50.5 Å². The number of aromatic nitrogens is 2. The fourth-order valence-electron chi connectivity index (χ4n) is 2.16. The van der Waals surface area contributed by atoms with Crippen molar-refractivity contribution in [2.45, 2.75) is 13.5 Å². The number of aryl methyl sites for hydroxylation is 1. The summed E-state index contributed by atoms with van der Waals surface area (Å²) in [6.45, 7) is 3.23. The Labute approximate surface area is 115 Å². The molecule has 0 aliphatic carbocycles. The standard InChI is InChI=1S/C13H14N4OS/c1-8-2-4-9(5-3-8)6-17-11-10(14-7-15-11)12(18)16-13(17)19/h2-5,14-15H,6-7H2,1H3,(H,16,18,19). The molecule has 1 aliphatic heterocycles. The third-order valence-corrected chi connectivity index (χ3v) is 3.50. The largest absolute Gasteiger partial charge is 0.360 e. The number of anilines is 2. The molecular weight excluding hydrogens is 260 g/mol. The van der Waals surface area contributed by atoms with Crippen LogP contribution in [0.3, 0.4) is 0 Å². The van der Waals surface area contributed by atoms with Crippen LogP contribution in [-0.4, -0.2) is 16.2 Å². The van der Waals surface area contributed by atoms with Crippen LogP contribution >= 0.6 is 12.2 Å². The molecule has 0 fully saturated rings. The average molecular weight is 274 g/mol. The number of nitrogens with one attached hydrogen (secondary N) is 3. The van der Waals surface area contributed by atoms with Gasteiger partial charge in [-0.25, -0.2) is 0 Å². The van der Waals surface area contributed by atoms with Gasteiger partial charge in [0.05, 0.1) is 13.2 Å². The van der Waals surface area contributed by atoms with E-state index in [0.29, 0.717) is 23.7 Å². The number of fused-ring (bicyclic) bond motifs is 1. The molecule has 98 valence electrons. The molecule has 5 nitrogen and oxygen atoms in total. The lowest BCUT2D eigenvalue weighted by atomic mass is 10.1. The summed E-state index contributed by atoms with van der Waals surface area (Å²) in [7, 11) is 0. The Kier molecular flexibility index (Phi) is 2.87. The van der Waals surface area contributed by atoms with Gasteiger partial charge in [0.2, 0.25) is 0 Å². The zero-order valence-electron chi connectivity index (χ0n) is 10.5. The highest BCUT2D eigenvalue weighted by Crippen LogP contribution is 2.22. The zero-order valence-corrected chi connectivity index (χ0v) is 11.3. The topological polar surface area (TPSA) is 61.9 Å². The summed E-state index contributed by atoms with van der Waals surface area (Å²) in [5, 5.41) is 6.16. The van der Waals surface area contributed by atoms with Crippen LogP contribution in [0.4, 0.5) is 11.5 Å². The lowest BCUT2D eigenvalue weighted by Gasteiger charge is -2.12. The molecule has 0 unspecified atom stereocenters. The molecule has 0 spiro atoms. The van der Waals surface area contributed by atoms with E-state index < -0.39 is 0 Å². The first-order valence-electron chi connectivity index (χ1n) is 6.05. The lowest BCUT2D eigenvalue weighted by Crippen LogP contribution is -2.16. The van der Waals surface area contributed by atoms with E-state index >= 15 is 0 Å². The molecule has 2 aromatic rings. The zero-order chi connectivity index (χ0) is 13.4. The van der Waals surface area contributed by atoms with E-state index in [1.165, 1.54) is 5.56 Å². The first-order valence-corrected chi connectivity index (χ1v) is 6.46. The summed E-state index contributed by atoms with van der Waals surface area (Å²) in [6, 6.07) is 8.26. The molecule has 0 radical (unpaired) electrons. The Morgan fingerprint density at radius 2 is 2.00 bits per heavy atom. The molecule has 0 amide bonds. The van der Waals surface area contributed by atoms with Crippen LogP contribution in [-0.2, 0) is 6.54 Å². The minimum absolute atomic E-state index is 0.176. The number of H-pyrrole nitrogens is 1. The van der Waals surface area contributed by atoms with E-state index in [-0.39, 0.29) is 5.56 Å². The van der Waals surface area contributed by atoms with Crippen LogP contribution in [0.15, 0.2) is 29.1 Å². The van der Waals surface area contributed by atoms with E-state index in [1.807, 2.05) is 4.57 Å². The number of rotatable bonds is 2. The smallest absolute Gasteiger partial charge is 0.277 e. The van der Waals surface area contributed by atoms with Crippen molar-refractivity contribution in [2.24, 2.45) is 0 Å². The third kappa shape index (κ3) is 2.15. The predicted molar refractivity (Wildman–Crippen MR) is 78.3 cm³/mol. The summed E-state index contributed by atoms with van der Waals surface area (Å²) in [5.74, 6) is 0.759. The number of aromatic amines is 1. The number of nitrogens with zero attached hydrogens (tertiary/aromatic N) is 1. The highest BCUT2D eigenvalue weighted by atomic mass is 32.1. The van der Waals surface area contributed by atoms with Crippen LogP contribution in [0.2, 0.25) is 0 Å². The number of hydrogen-bond donors (Lipinski definition) is 3. The molecule has 6 heteroatoms. The lowest BCUT2D eigenvalue weighted by molar-refractivity contribution is 0.759. The molecule has 3 rings (SSSR count). The highest BCUT2D eigenvalue weighted by Gasteiger charge is 2.17. The first kappa shape index (κ1) is 12.0. The van der Waals surface area contributed by atoms with Gasteiger partial charge in [-0.2, -0.15) is 0 Å². The van der Waals surface area contributed by atoms with Gasteiger partial charge >= 0.3 is 0 Å². The summed E-state index contributed by atoms with van der Waals surface area (Å²) in [5.41, 5.74) is 2.74. The molecule has 0 saturated carbocycles. The average Bonchev–Trinajstić information content (AvgIpc) is 2.86. The number of hydrogen-bond acceptors (Lipinski definition) is 4. The molecule has 1 aromatic heterocycles. The summed E-state index contributed by atoms with van der Waals surface area (Å²) >= 11 is 5.25. The van der Waals surface area contributed by atoms with Gasteiger partial charge < -0.3 is 10.6 Å².